The molecule has 3 N–H and O–H groups in total. The molecule has 0 saturated heterocycles. The van der Waals surface area contributed by atoms with Crippen molar-refractivity contribution in [1.82, 2.24) is 0 Å². The molecule has 1 aromatic rings. The summed E-state index contributed by atoms with van der Waals surface area (Å²) in [4.78, 5) is 12.5. The van der Waals surface area contributed by atoms with Crippen molar-refractivity contribution in [3.63, 3.8) is 0 Å². The molecule has 1 aliphatic rings. The first-order valence-corrected chi connectivity index (χ1v) is 7.20. The molecule has 0 aliphatic heterocycles. The van der Waals surface area contributed by atoms with Crippen molar-refractivity contribution < 1.29 is 13.9 Å². The average Bonchev–Trinajstić information content (AvgIpc) is 2.42. The van der Waals surface area contributed by atoms with E-state index in [1.54, 1.807) is 6.07 Å². The molecule has 1 aromatic carbocycles. The smallest absolute Gasteiger partial charge is 0.245 e. The first-order valence-electron chi connectivity index (χ1n) is 7.20. The fraction of sp³-hybridized carbons (Fsp3) is 0.562. The monoisotopic (exact) mass is 294 g/mol. The molecule has 5 heteroatoms. The molecule has 0 heterocycles. The van der Waals surface area contributed by atoms with Gasteiger partial charge in [0.25, 0.3) is 0 Å². The summed E-state index contributed by atoms with van der Waals surface area (Å²) < 4.78 is 18.9. The van der Waals surface area contributed by atoms with Gasteiger partial charge in [0.2, 0.25) is 5.91 Å². The molecular weight excluding hydrogens is 271 g/mol. The first kappa shape index (κ1) is 15.9. The van der Waals surface area contributed by atoms with Crippen LogP contribution in [0.3, 0.4) is 0 Å². The van der Waals surface area contributed by atoms with Crippen LogP contribution in [0.25, 0.3) is 0 Å². The summed E-state index contributed by atoms with van der Waals surface area (Å²) in [6, 6.07) is 4.30. The second-order valence-electron chi connectivity index (χ2n) is 6.25. The van der Waals surface area contributed by atoms with E-state index >= 15 is 0 Å². The maximum Gasteiger partial charge on any atom is 0.245 e. The van der Waals surface area contributed by atoms with Crippen LogP contribution in [0.4, 0.5) is 10.1 Å². The summed E-state index contributed by atoms with van der Waals surface area (Å²) in [6.07, 6.45) is 0.431. The van der Waals surface area contributed by atoms with Crippen molar-refractivity contribution in [2.24, 2.45) is 11.1 Å². The number of carbonyl (C=O) groups excluding carboxylic acids is 1. The van der Waals surface area contributed by atoms with E-state index in [9.17, 15) is 9.18 Å². The van der Waals surface area contributed by atoms with Crippen molar-refractivity contribution in [2.75, 3.05) is 11.9 Å². The fourth-order valence-corrected chi connectivity index (χ4v) is 2.78. The first-order chi connectivity index (χ1) is 9.72. The van der Waals surface area contributed by atoms with E-state index in [-0.39, 0.29) is 17.8 Å². The Morgan fingerprint density at radius 3 is 2.76 bits per heavy atom. The second-order valence-corrected chi connectivity index (χ2v) is 6.25. The van der Waals surface area contributed by atoms with Crippen molar-refractivity contribution >= 4 is 11.6 Å². The number of benzene rings is 1. The van der Waals surface area contributed by atoms with E-state index in [0.29, 0.717) is 18.7 Å². The summed E-state index contributed by atoms with van der Waals surface area (Å²) in [7, 11) is 0. The van der Waals surface area contributed by atoms with Gasteiger partial charge in [-0.1, -0.05) is 19.9 Å². The Morgan fingerprint density at radius 2 is 2.19 bits per heavy atom. The van der Waals surface area contributed by atoms with Crippen molar-refractivity contribution in [2.45, 2.75) is 45.8 Å². The molecule has 1 saturated carbocycles. The number of nitrogens with two attached hydrogens (primary N) is 1. The van der Waals surface area contributed by atoms with Crippen LogP contribution in [-0.2, 0) is 9.53 Å². The lowest BCUT2D eigenvalue weighted by molar-refractivity contribution is -0.166. The second kappa shape index (κ2) is 5.39. The van der Waals surface area contributed by atoms with Gasteiger partial charge in [-0.15, -0.1) is 0 Å². The van der Waals surface area contributed by atoms with Gasteiger partial charge in [-0.05, 0) is 31.5 Å². The molecule has 1 amide bonds. The fourth-order valence-electron chi connectivity index (χ4n) is 2.78. The minimum atomic E-state index is -1.01. The lowest BCUT2D eigenvalue weighted by Gasteiger charge is -2.57. The Hall–Kier alpha value is -1.46. The number of rotatable bonds is 4. The van der Waals surface area contributed by atoms with Gasteiger partial charge in [0.15, 0.2) is 0 Å². The minimum absolute atomic E-state index is 0.0353. The highest BCUT2D eigenvalue weighted by molar-refractivity contribution is 6.00. The molecule has 116 valence electrons. The molecule has 0 spiro atoms. The summed E-state index contributed by atoms with van der Waals surface area (Å²) in [6.45, 7) is 8.18. The molecule has 1 fully saturated rings. The van der Waals surface area contributed by atoms with Crippen molar-refractivity contribution in [1.29, 1.82) is 0 Å². The summed E-state index contributed by atoms with van der Waals surface area (Å²) in [5.74, 6) is -0.681. The average molecular weight is 294 g/mol. The van der Waals surface area contributed by atoms with Crippen LogP contribution in [0.15, 0.2) is 18.2 Å². The highest BCUT2D eigenvalue weighted by atomic mass is 19.1. The lowest BCUT2D eigenvalue weighted by Crippen LogP contribution is -2.74. The van der Waals surface area contributed by atoms with E-state index < -0.39 is 11.0 Å². The van der Waals surface area contributed by atoms with Crippen molar-refractivity contribution in [3.05, 3.63) is 29.6 Å². The zero-order valence-electron chi connectivity index (χ0n) is 13.0. The topological polar surface area (TPSA) is 64.3 Å². The molecule has 2 unspecified atom stereocenters. The van der Waals surface area contributed by atoms with E-state index in [0.717, 1.165) is 5.56 Å². The predicted octanol–water partition coefficient (Wildman–Crippen LogP) is 2.61. The molecule has 0 radical (unpaired) electrons. The van der Waals surface area contributed by atoms with Crippen LogP contribution in [0, 0.1) is 18.2 Å². The van der Waals surface area contributed by atoms with Gasteiger partial charge < -0.3 is 15.8 Å². The number of carbonyl (C=O) groups is 1. The number of hydrogen-bond acceptors (Lipinski definition) is 3. The zero-order chi connectivity index (χ0) is 15.8. The highest BCUT2D eigenvalue weighted by Gasteiger charge is 2.62. The summed E-state index contributed by atoms with van der Waals surface area (Å²) >= 11 is 0. The maximum atomic E-state index is 13.3. The molecule has 21 heavy (non-hydrogen) atoms. The number of hydrogen-bond donors (Lipinski definition) is 2. The largest absolute Gasteiger partial charge is 0.378 e. The van der Waals surface area contributed by atoms with E-state index in [2.05, 4.69) is 5.32 Å². The number of ether oxygens (including phenoxy) is 1. The third-order valence-electron chi connectivity index (χ3n) is 4.68. The maximum absolute atomic E-state index is 13.3. The standard InChI is InChI=1S/C16H23FN2O2/c1-5-21-13-9-16(18,15(13,3)4)14(20)19-12-8-11(17)7-6-10(12)2/h6-8,13H,5,9,18H2,1-4H3,(H,19,20). The molecular formula is C16H23FN2O2. The molecule has 2 rings (SSSR count). The normalized spacial score (nSPS) is 27.0. The van der Waals surface area contributed by atoms with Gasteiger partial charge in [0.05, 0.1) is 6.10 Å². The third-order valence-corrected chi connectivity index (χ3v) is 4.68. The van der Waals surface area contributed by atoms with E-state index in [4.69, 9.17) is 10.5 Å². The van der Waals surface area contributed by atoms with E-state index in [1.165, 1.54) is 12.1 Å². The van der Waals surface area contributed by atoms with Crippen LogP contribution in [0.2, 0.25) is 0 Å². The Labute approximate surface area is 124 Å². The molecule has 4 nitrogen and oxygen atoms in total. The van der Waals surface area contributed by atoms with E-state index in [1.807, 2.05) is 27.7 Å². The molecule has 0 bridgehead atoms. The van der Waals surface area contributed by atoms with Gasteiger partial charge in [-0.3, -0.25) is 4.79 Å². The van der Waals surface area contributed by atoms with Crippen LogP contribution in [0.5, 0.6) is 0 Å². The quantitative estimate of drug-likeness (QED) is 0.897. The van der Waals surface area contributed by atoms with Crippen LogP contribution < -0.4 is 11.1 Å². The summed E-state index contributed by atoms with van der Waals surface area (Å²) in [5.41, 5.74) is 6.08. The van der Waals surface area contributed by atoms with Crippen LogP contribution >= 0.6 is 0 Å². The van der Waals surface area contributed by atoms with Gasteiger partial charge in [0, 0.05) is 24.1 Å². The molecule has 1 aliphatic carbocycles. The molecule has 2 atom stereocenters. The Bertz CT molecular complexity index is 559. The lowest BCUT2D eigenvalue weighted by atomic mass is 9.54. The van der Waals surface area contributed by atoms with Crippen LogP contribution in [-0.4, -0.2) is 24.2 Å². The number of amides is 1. The Morgan fingerprint density at radius 1 is 1.52 bits per heavy atom. The number of anilines is 1. The minimum Gasteiger partial charge on any atom is -0.378 e. The third kappa shape index (κ3) is 2.56. The SMILES string of the molecule is CCOC1CC(N)(C(=O)Nc2cc(F)ccc2C)C1(C)C. The predicted molar refractivity (Wildman–Crippen MR) is 80.5 cm³/mol. The van der Waals surface area contributed by atoms with Gasteiger partial charge in [-0.2, -0.15) is 0 Å². The van der Waals surface area contributed by atoms with Gasteiger partial charge in [0.1, 0.15) is 11.4 Å². The van der Waals surface area contributed by atoms with Crippen molar-refractivity contribution in [3.8, 4) is 0 Å². The van der Waals surface area contributed by atoms with Crippen LogP contribution in [0.1, 0.15) is 32.8 Å². The molecule has 0 aromatic heterocycles. The zero-order valence-corrected chi connectivity index (χ0v) is 13.0. The number of nitrogens with one attached hydrogen (secondary N) is 1. The summed E-state index contributed by atoms with van der Waals surface area (Å²) in [5, 5.41) is 2.75. The number of halogens is 1. The van der Waals surface area contributed by atoms with Gasteiger partial charge >= 0.3 is 0 Å². The highest BCUT2D eigenvalue weighted by Crippen LogP contribution is 2.50. The Balaban J connectivity index is 2.16. The van der Waals surface area contributed by atoms with Gasteiger partial charge in [-0.25, -0.2) is 4.39 Å². The Kier molecular flexibility index (Phi) is 4.08. The number of aryl methyl sites for hydroxylation is 1.